The molecule has 118 valence electrons. The molecular weight excluding hydrogens is 320 g/mol. The number of rotatable bonds is 5. The average Bonchev–Trinajstić information content (AvgIpc) is 2.45. The zero-order chi connectivity index (χ0) is 16.3. The molecule has 0 unspecified atom stereocenters. The van der Waals surface area contributed by atoms with Gasteiger partial charge in [-0.3, -0.25) is 4.31 Å². The highest BCUT2D eigenvalue weighted by Crippen LogP contribution is 2.27. The number of benzene rings is 2. The van der Waals surface area contributed by atoms with Crippen LogP contribution in [0.15, 0.2) is 53.4 Å². The molecule has 0 aliphatic carbocycles. The Morgan fingerprint density at radius 2 is 1.77 bits per heavy atom. The standard InChI is InChI=1S/C16H19ClN2O2S/c1-12(2)11-19(15-5-3-4-13(17)10-15)22(20,21)16-8-6-14(18)7-9-16/h3-10,12H,11,18H2,1-2H3. The topological polar surface area (TPSA) is 63.4 Å². The fourth-order valence-electron chi connectivity index (χ4n) is 2.07. The minimum Gasteiger partial charge on any atom is -0.399 e. The molecular formula is C16H19ClN2O2S. The molecule has 2 N–H and O–H groups in total. The van der Waals surface area contributed by atoms with Crippen molar-refractivity contribution in [3.05, 3.63) is 53.6 Å². The molecule has 0 aromatic heterocycles. The molecule has 0 radical (unpaired) electrons. The Bertz CT molecular complexity index is 743. The number of nitrogen functional groups attached to an aromatic ring is 1. The fourth-order valence-corrected chi connectivity index (χ4v) is 3.88. The summed E-state index contributed by atoms with van der Waals surface area (Å²) in [6, 6.07) is 13.0. The summed E-state index contributed by atoms with van der Waals surface area (Å²) in [6.07, 6.45) is 0. The van der Waals surface area contributed by atoms with E-state index in [0.717, 1.165) is 0 Å². The van der Waals surface area contributed by atoms with Crippen molar-refractivity contribution in [2.24, 2.45) is 5.92 Å². The lowest BCUT2D eigenvalue weighted by Gasteiger charge is -2.26. The first-order chi connectivity index (χ1) is 10.3. The van der Waals surface area contributed by atoms with Gasteiger partial charge in [0.2, 0.25) is 0 Å². The molecule has 6 heteroatoms. The third kappa shape index (κ3) is 3.72. The molecule has 0 aliphatic heterocycles. The number of anilines is 2. The van der Waals surface area contributed by atoms with Crippen LogP contribution in [0.4, 0.5) is 11.4 Å². The summed E-state index contributed by atoms with van der Waals surface area (Å²) in [7, 11) is -3.66. The quantitative estimate of drug-likeness (QED) is 0.844. The van der Waals surface area contributed by atoms with Gasteiger partial charge < -0.3 is 5.73 Å². The third-order valence-corrected chi connectivity index (χ3v) is 5.14. The van der Waals surface area contributed by atoms with Crippen molar-refractivity contribution in [1.82, 2.24) is 0 Å². The van der Waals surface area contributed by atoms with Crippen LogP contribution in [0.25, 0.3) is 0 Å². The van der Waals surface area contributed by atoms with Gasteiger partial charge in [0.15, 0.2) is 0 Å². The minimum absolute atomic E-state index is 0.169. The molecule has 0 saturated carbocycles. The second kappa shape index (κ2) is 6.58. The predicted molar refractivity (Wildman–Crippen MR) is 91.7 cm³/mol. The largest absolute Gasteiger partial charge is 0.399 e. The summed E-state index contributed by atoms with van der Waals surface area (Å²) >= 11 is 6.00. The Morgan fingerprint density at radius 1 is 1.14 bits per heavy atom. The zero-order valence-electron chi connectivity index (χ0n) is 12.5. The summed E-state index contributed by atoms with van der Waals surface area (Å²) in [4.78, 5) is 0.210. The van der Waals surface area contributed by atoms with Crippen LogP contribution in [-0.2, 0) is 10.0 Å². The molecule has 0 saturated heterocycles. The molecule has 0 atom stereocenters. The average molecular weight is 339 g/mol. The van der Waals surface area contributed by atoms with Crippen molar-refractivity contribution in [2.45, 2.75) is 18.7 Å². The molecule has 0 aliphatic rings. The van der Waals surface area contributed by atoms with E-state index >= 15 is 0 Å². The number of halogens is 1. The maximum absolute atomic E-state index is 12.9. The van der Waals surface area contributed by atoms with E-state index < -0.39 is 10.0 Å². The maximum atomic E-state index is 12.9. The highest BCUT2D eigenvalue weighted by atomic mass is 35.5. The van der Waals surface area contributed by atoms with Crippen molar-refractivity contribution >= 4 is 33.0 Å². The van der Waals surface area contributed by atoms with Crippen LogP contribution in [-0.4, -0.2) is 15.0 Å². The minimum atomic E-state index is -3.66. The van der Waals surface area contributed by atoms with Crippen LogP contribution in [0, 0.1) is 5.92 Å². The van der Waals surface area contributed by atoms with Gasteiger partial charge in [0.1, 0.15) is 0 Å². The SMILES string of the molecule is CC(C)CN(c1cccc(Cl)c1)S(=O)(=O)c1ccc(N)cc1. The van der Waals surface area contributed by atoms with Crippen LogP contribution in [0.2, 0.25) is 5.02 Å². The van der Waals surface area contributed by atoms with E-state index in [0.29, 0.717) is 22.9 Å². The summed E-state index contributed by atoms with van der Waals surface area (Å²) in [5, 5.41) is 0.499. The van der Waals surface area contributed by atoms with E-state index in [1.807, 2.05) is 13.8 Å². The molecule has 2 aromatic rings. The summed E-state index contributed by atoms with van der Waals surface area (Å²) in [5.74, 6) is 0.169. The normalized spacial score (nSPS) is 11.6. The summed E-state index contributed by atoms with van der Waals surface area (Å²) in [6.45, 7) is 4.30. The highest BCUT2D eigenvalue weighted by Gasteiger charge is 2.25. The number of sulfonamides is 1. The number of nitrogens with zero attached hydrogens (tertiary/aromatic N) is 1. The van der Waals surface area contributed by atoms with Crippen molar-refractivity contribution < 1.29 is 8.42 Å². The van der Waals surface area contributed by atoms with Crippen molar-refractivity contribution in [3.8, 4) is 0 Å². The first kappa shape index (κ1) is 16.6. The van der Waals surface area contributed by atoms with Gasteiger partial charge in [-0.1, -0.05) is 31.5 Å². The van der Waals surface area contributed by atoms with Gasteiger partial charge in [0, 0.05) is 17.3 Å². The Kier molecular flexibility index (Phi) is 4.98. The lowest BCUT2D eigenvalue weighted by Crippen LogP contribution is -2.34. The fraction of sp³-hybridized carbons (Fsp3) is 0.250. The highest BCUT2D eigenvalue weighted by molar-refractivity contribution is 7.92. The first-order valence-corrected chi connectivity index (χ1v) is 8.76. The molecule has 0 bridgehead atoms. The third-order valence-electron chi connectivity index (χ3n) is 3.10. The predicted octanol–water partition coefficient (Wildman–Crippen LogP) is 3.77. The van der Waals surface area contributed by atoms with Gasteiger partial charge >= 0.3 is 0 Å². The monoisotopic (exact) mass is 338 g/mol. The molecule has 0 fully saturated rings. The molecule has 2 aromatic carbocycles. The molecule has 0 spiro atoms. The van der Waals surface area contributed by atoms with Crippen LogP contribution in [0.5, 0.6) is 0 Å². The number of hydrogen-bond acceptors (Lipinski definition) is 3. The van der Waals surface area contributed by atoms with Crippen LogP contribution in [0.1, 0.15) is 13.8 Å². The molecule has 0 amide bonds. The van der Waals surface area contributed by atoms with Crippen LogP contribution in [0.3, 0.4) is 0 Å². The van der Waals surface area contributed by atoms with Gasteiger partial charge in [-0.25, -0.2) is 8.42 Å². The van der Waals surface area contributed by atoms with Gasteiger partial charge in [-0.05, 0) is 48.4 Å². The van der Waals surface area contributed by atoms with Crippen molar-refractivity contribution in [2.75, 3.05) is 16.6 Å². The van der Waals surface area contributed by atoms with E-state index in [1.165, 1.54) is 16.4 Å². The van der Waals surface area contributed by atoms with Gasteiger partial charge in [-0.15, -0.1) is 0 Å². The second-order valence-corrected chi connectivity index (χ2v) is 7.78. The Labute approximate surface area is 136 Å². The second-order valence-electron chi connectivity index (χ2n) is 5.48. The smallest absolute Gasteiger partial charge is 0.264 e. The summed E-state index contributed by atoms with van der Waals surface area (Å²) in [5.41, 5.74) is 6.71. The van der Waals surface area contributed by atoms with Crippen molar-refractivity contribution in [3.63, 3.8) is 0 Å². The van der Waals surface area contributed by atoms with Gasteiger partial charge in [-0.2, -0.15) is 0 Å². The van der Waals surface area contributed by atoms with Crippen molar-refractivity contribution in [1.29, 1.82) is 0 Å². The van der Waals surface area contributed by atoms with E-state index in [-0.39, 0.29) is 10.8 Å². The van der Waals surface area contributed by atoms with E-state index in [4.69, 9.17) is 17.3 Å². The van der Waals surface area contributed by atoms with Crippen LogP contribution >= 0.6 is 11.6 Å². The molecule has 22 heavy (non-hydrogen) atoms. The molecule has 4 nitrogen and oxygen atoms in total. The van der Waals surface area contributed by atoms with Gasteiger partial charge in [0.25, 0.3) is 10.0 Å². The lowest BCUT2D eigenvalue weighted by molar-refractivity contribution is 0.578. The van der Waals surface area contributed by atoms with Crippen LogP contribution < -0.4 is 10.0 Å². The Balaban J connectivity index is 2.50. The van der Waals surface area contributed by atoms with E-state index in [9.17, 15) is 8.42 Å². The van der Waals surface area contributed by atoms with Gasteiger partial charge in [0.05, 0.1) is 10.6 Å². The molecule has 0 heterocycles. The molecule has 2 rings (SSSR count). The van der Waals surface area contributed by atoms with E-state index in [2.05, 4.69) is 0 Å². The summed E-state index contributed by atoms with van der Waals surface area (Å²) < 4.78 is 27.2. The number of nitrogens with two attached hydrogens (primary N) is 1. The number of hydrogen-bond donors (Lipinski definition) is 1. The van der Waals surface area contributed by atoms with E-state index in [1.54, 1.807) is 36.4 Å². The zero-order valence-corrected chi connectivity index (χ0v) is 14.1. The first-order valence-electron chi connectivity index (χ1n) is 6.94. The lowest BCUT2D eigenvalue weighted by atomic mass is 10.2. The Morgan fingerprint density at radius 3 is 2.32 bits per heavy atom. The maximum Gasteiger partial charge on any atom is 0.264 e. The Hall–Kier alpha value is -1.72.